The van der Waals surface area contributed by atoms with Crippen LogP contribution in [-0.4, -0.2) is 26.9 Å². The first-order valence-corrected chi connectivity index (χ1v) is 8.58. The van der Waals surface area contributed by atoms with Crippen LogP contribution in [0.3, 0.4) is 0 Å². The second kappa shape index (κ2) is 10.3. The molecule has 0 aliphatic rings. The summed E-state index contributed by atoms with van der Waals surface area (Å²) in [7, 11) is 0. The van der Waals surface area contributed by atoms with Gasteiger partial charge in [-0.2, -0.15) is 0 Å². The number of amides is 2. The molecule has 2 aromatic rings. The molecule has 2 rings (SSSR count). The lowest BCUT2D eigenvalue weighted by molar-refractivity contribution is -0.395. The molecule has 2 aromatic carbocycles. The topological polar surface area (TPSA) is 142 Å². The fourth-order valence-corrected chi connectivity index (χ4v) is 2.23. The maximum absolute atomic E-state index is 12.4. The van der Waals surface area contributed by atoms with Crippen molar-refractivity contribution in [2.24, 2.45) is 0 Å². The maximum atomic E-state index is 12.4. The Morgan fingerprint density at radius 3 is 2.37 bits per heavy atom. The van der Waals surface area contributed by atoms with E-state index >= 15 is 0 Å². The van der Waals surface area contributed by atoms with Gasteiger partial charge in [-0.05, 0) is 18.1 Å². The third kappa shape index (κ3) is 5.86. The summed E-state index contributed by atoms with van der Waals surface area (Å²) in [6, 6.07) is 11.2. The standard InChI is InChI=1S/C19H17N3O8/c1-2-3-9-18(23)20(19(24)29-13-14-7-5-4-6-8-14)30-17-11-10-15(21(25)26)12-16(17)22(27)28/h2,4-8,10-12H,1,3,9,13H2. The summed E-state index contributed by atoms with van der Waals surface area (Å²) >= 11 is 0. The average Bonchev–Trinajstić information content (AvgIpc) is 2.74. The van der Waals surface area contributed by atoms with Crippen LogP contribution in [-0.2, 0) is 16.1 Å². The highest BCUT2D eigenvalue weighted by atomic mass is 16.7. The molecule has 0 heterocycles. The first kappa shape index (κ1) is 22.0. The molecule has 0 N–H and O–H groups in total. The monoisotopic (exact) mass is 415 g/mol. The predicted molar refractivity (Wildman–Crippen MR) is 103 cm³/mol. The minimum Gasteiger partial charge on any atom is -0.442 e. The van der Waals surface area contributed by atoms with Gasteiger partial charge in [-0.3, -0.25) is 25.0 Å². The lowest BCUT2D eigenvalue weighted by atomic mass is 10.2. The fraction of sp³-hybridized carbons (Fsp3) is 0.158. The highest BCUT2D eigenvalue weighted by Gasteiger charge is 2.30. The van der Waals surface area contributed by atoms with Gasteiger partial charge < -0.3 is 9.57 Å². The van der Waals surface area contributed by atoms with Gasteiger partial charge in [-0.15, -0.1) is 6.58 Å². The van der Waals surface area contributed by atoms with Crippen LogP contribution in [0.4, 0.5) is 16.2 Å². The molecule has 0 aliphatic heterocycles. The van der Waals surface area contributed by atoms with Gasteiger partial charge in [0, 0.05) is 12.5 Å². The number of benzene rings is 2. The zero-order chi connectivity index (χ0) is 22.1. The normalized spacial score (nSPS) is 10.0. The third-order valence-corrected chi connectivity index (χ3v) is 3.70. The van der Waals surface area contributed by atoms with Crippen LogP contribution in [0.2, 0.25) is 0 Å². The van der Waals surface area contributed by atoms with E-state index in [2.05, 4.69) is 6.58 Å². The molecule has 156 valence electrons. The second-order valence-electron chi connectivity index (χ2n) is 5.81. The van der Waals surface area contributed by atoms with Gasteiger partial charge in [-0.1, -0.05) is 41.5 Å². The maximum Gasteiger partial charge on any atom is 0.451 e. The number of non-ortho nitro benzene ring substituents is 1. The summed E-state index contributed by atoms with van der Waals surface area (Å²) in [5, 5.41) is 22.4. The molecule has 0 aliphatic carbocycles. The summed E-state index contributed by atoms with van der Waals surface area (Å²) in [6.45, 7) is 3.31. The molecule has 0 fully saturated rings. The van der Waals surface area contributed by atoms with E-state index in [1.807, 2.05) is 0 Å². The molecule has 0 spiro atoms. The van der Waals surface area contributed by atoms with E-state index < -0.39 is 39.0 Å². The van der Waals surface area contributed by atoms with Crippen molar-refractivity contribution in [2.75, 3.05) is 0 Å². The first-order chi connectivity index (χ1) is 14.3. The largest absolute Gasteiger partial charge is 0.451 e. The Morgan fingerprint density at radius 1 is 1.07 bits per heavy atom. The van der Waals surface area contributed by atoms with E-state index in [4.69, 9.17) is 9.57 Å². The zero-order valence-electron chi connectivity index (χ0n) is 15.6. The Morgan fingerprint density at radius 2 is 1.77 bits per heavy atom. The van der Waals surface area contributed by atoms with Crippen LogP contribution in [0, 0.1) is 20.2 Å². The average molecular weight is 415 g/mol. The Balaban J connectivity index is 2.27. The number of carbonyl (C=O) groups is 2. The highest BCUT2D eigenvalue weighted by Crippen LogP contribution is 2.32. The number of rotatable bonds is 9. The van der Waals surface area contributed by atoms with Crippen LogP contribution in [0.5, 0.6) is 5.75 Å². The number of hydrogen-bond donors (Lipinski definition) is 0. The van der Waals surface area contributed by atoms with E-state index in [1.165, 1.54) is 6.08 Å². The van der Waals surface area contributed by atoms with Crippen LogP contribution in [0.1, 0.15) is 18.4 Å². The molecule has 11 heteroatoms. The molecule has 11 nitrogen and oxygen atoms in total. The summed E-state index contributed by atoms with van der Waals surface area (Å²) in [5.74, 6) is -1.37. The minimum atomic E-state index is -1.19. The van der Waals surface area contributed by atoms with E-state index in [-0.39, 0.29) is 24.5 Å². The summed E-state index contributed by atoms with van der Waals surface area (Å²) in [6.07, 6.45) is 0.290. The lowest BCUT2D eigenvalue weighted by Gasteiger charge is -2.19. The molecule has 0 unspecified atom stereocenters. The molecule has 0 bridgehead atoms. The third-order valence-electron chi connectivity index (χ3n) is 3.70. The van der Waals surface area contributed by atoms with Gasteiger partial charge in [0.2, 0.25) is 5.75 Å². The van der Waals surface area contributed by atoms with Crippen molar-refractivity contribution in [3.8, 4) is 5.75 Å². The Hall–Kier alpha value is -4.28. The number of hydroxylamine groups is 2. The smallest absolute Gasteiger partial charge is 0.442 e. The van der Waals surface area contributed by atoms with E-state index in [0.717, 1.165) is 12.1 Å². The number of nitro benzene ring substituents is 2. The van der Waals surface area contributed by atoms with Crippen LogP contribution >= 0.6 is 0 Å². The Kier molecular flexibility index (Phi) is 7.57. The molecular formula is C19H17N3O8. The van der Waals surface area contributed by atoms with Gasteiger partial charge in [0.15, 0.2) is 0 Å². The quantitative estimate of drug-likeness (QED) is 0.340. The molecule has 2 amide bonds. The molecular weight excluding hydrogens is 398 g/mol. The van der Waals surface area contributed by atoms with Crippen molar-refractivity contribution in [3.05, 3.63) is 87.0 Å². The van der Waals surface area contributed by atoms with Crippen LogP contribution in [0.25, 0.3) is 0 Å². The van der Waals surface area contributed by atoms with Crippen LogP contribution < -0.4 is 4.84 Å². The SMILES string of the molecule is C=CCCC(=O)N(Oc1ccc([N+](=O)[O-])cc1[N+](=O)[O-])C(=O)OCc1ccccc1. The van der Waals surface area contributed by atoms with Crippen molar-refractivity contribution < 1.29 is 29.0 Å². The molecule has 0 atom stereocenters. The van der Waals surface area contributed by atoms with Crippen molar-refractivity contribution in [3.63, 3.8) is 0 Å². The van der Waals surface area contributed by atoms with Crippen molar-refractivity contribution in [2.45, 2.75) is 19.4 Å². The number of nitrogens with zero attached hydrogens (tertiary/aromatic N) is 3. The van der Waals surface area contributed by atoms with Crippen LogP contribution in [0.15, 0.2) is 61.2 Å². The van der Waals surface area contributed by atoms with Gasteiger partial charge in [0.1, 0.15) is 6.61 Å². The summed E-state index contributed by atoms with van der Waals surface area (Å²) < 4.78 is 5.06. The number of nitro groups is 2. The molecule has 0 saturated carbocycles. The number of allylic oxidation sites excluding steroid dienone is 1. The Bertz CT molecular complexity index is 962. The molecule has 0 radical (unpaired) electrons. The van der Waals surface area contributed by atoms with E-state index in [0.29, 0.717) is 11.6 Å². The minimum absolute atomic E-state index is 0.170. The number of hydrogen-bond acceptors (Lipinski definition) is 8. The summed E-state index contributed by atoms with van der Waals surface area (Å²) in [4.78, 5) is 50.4. The van der Waals surface area contributed by atoms with E-state index in [1.54, 1.807) is 30.3 Å². The molecule has 0 saturated heterocycles. The predicted octanol–water partition coefficient (Wildman–Crippen LogP) is 3.93. The second-order valence-corrected chi connectivity index (χ2v) is 5.81. The van der Waals surface area contributed by atoms with Gasteiger partial charge in [0.05, 0.1) is 15.9 Å². The lowest BCUT2D eigenvalue weighted by Crippen LogP contribution is -2.40. The van der Waals surface area contributed by atoms with Gasteiger partial charge in [0.25, 0.3) is 11.6 Å². The zero-order valence-corrected chi connectivity index (χ0v) is 15.6. The van der Waals surface area contributed by atoms with Gasteiger partial charge >= 0.3 is 11.8 Å². The van der Waals surface area contributed by atoms with E-state index in [9.17, 15) is 29.8 Å². The molecule has 30 heavy (non-hydrogen) atoms. The number of carbonyl (C=O) groups excluding carboxylic acids is 2. The fourth-order valence-electron chi connectivity index (χ4n) is 2.23. The number of ether oxygens (including phenoxy) is 1. The Labute approximate surface area is 170 Å². The molecule has 0 aromatic heterocycles. The first-order valence-electron chi connectivity index (χ1n) is 8.58. The number of imide groups is 1. The van der Waals surface area contributed by atoms with Crippen molar-refractivity contribution >= 4 is 23.4 Å². The summed E-state index contributed by atoms with van der Waals surface area (Å²) in [5.41, 5.74) is -0.697. The highest BCUT2D eigenvalue weighted by molar-refractivity contribution is 5.90. The van der Waals surface area contributed by atoms with Crippen molar-refractivity contribution in [1.82, 2.24) is 5.06 Å². The van der Waals surface area contributed by atoms with Gasteiger partial charge in [-0.25, -0.2) is 4.79 Å². The van der Waals surface area contributed by atoms with Crippen molar-refractivity contribution in [1.29, 1.82) is 0 Å².